The molecule has 3 N–H and O–H groups in total. The first-order valence-corrected chi connectivity index (χ1v) is 6.53. The standard InChI is InChI=1S/C9H13ClN2O2S/c1-2-5-15(13,14)12-9-6-7(10)3-4-8(9)11/h3-4,6,12H,2,5,11H2,1H3. The molecule has 0 atom stereocenters. The van der Waals surface area contributed by atoms with E-state index in [2.05, 4.69) is 4.72 Å². The smallest absolute Gasteiger partial charge is 0.232 e. The predicted molar refractivity (Wildman–Crippen MR) is 63.6 cm³/mol. The van der Waals surface area contributed by atoms with Gasteiger partial charge in [-0.15, -0.1) is 0 Å². The number of hydrogen-bond donors (Lipinski definition) is 2. The van der Waals surface area contributed by atoms with Gasteiger partial charge in [0.05, 0.1) is 17.1 Å². The second-order valence-electron chi connectivity index (χ2n) is 3.15. The molecule has 0 aliphatic carbocycles. The monoisotopic (exact) mass is 248 g/mol. The lowest BCUT2D eigenvalue weighted by Gasteiger charge is -2.09. The van der Waals surface area contributed by atoms with Crippen molar-refractivity contribution in [1.82, 2.24) is 0 Å². The lowest BCUT2D eigenvalue weighted by atomic mass is 10.3. The van der Waals surface area contributed by atoms with Gasteiger partial charge in [-0.05, 0) is 24.6 Å². The zero-order valence-corrected chi connectivity index (χ0v) is 9.90. The van der Waals surface area contributed by atoms with Crippen molar-refractivity contribution in [3.8, 4) is 0 Å². The molecular weight excluding hydrogens is 236 g/mol. The van der Waals surface area contributed by atoms with Gasteiger partial charge in [0.15, 0.2) is 0 Å². The third-order valence-corrected chi connectivity index (χ3v) is 3.47. The minimum Gasteiger partial charge on any atom is -0.397 e. The highest BCUT2D eigenvalue weighted by atomic mass is 35.5. The van der Waals surface area contributed by atoms with E-state index in [4.69, 9.17) is 17.3 Å². The molecule has 0 spiro atoms. The van der Waals surface area contributed by atoms with E-state index in [1.54, 1.807) is 19.1 Å². The molecule has 0 bridgehead atoms. The molecule has 84 valence electrons. The molecule has 0 saturated carbocycles. The van der Waals surface area contributed by atoms with Crippen LogP contribution >= 0.6 is 11.6 Å². The first kappa shape index (κ1) is 12.1. The second kappa shape index (κ2) is 4.72. The molecule has 0 fully saturated rings. The summed E-state index contributed by atoms with van der Waals surface area (Å²) < 4.78 is 25.3. The largest absolute Gasteiger partial charge is 0.397 e. The summed E-state index contributed by atoms with van der Waals surface area (Å²) in [5, 5.41) is 0.443. The number of halogens is 1. The van der Waals surface area contributed by atoms with E-state index in [0.29, 0.717) is 22.8 Å². The molecule has 4 nitrogen and oxygen atoms in total. The van der Waals surface area contributed by atoms with Gasteiger partial charge in [0.1, 0.15) is 0 Å². The van der Waals surface area contributed by atoms with E-state index in [1.807, 2.05) is 0 Å². The molecule has 0 radical (unpaired) electrons. The van der Waals surface area contributed by atoms with Crippen LogP contribution in [0.4, 0.5) is 11.4 Å². The van der Waals surface area contributed by atoms with Crippen molar-refractivity contribution in [3.63, 3.8) is 0 Å². The van der Waals surface area contributed by atoms with E-state index >= 15 is 0 Å². The Kier molecular flexibility index (Phi) is 3.82. The van der Waals surface area contributed by atoms with Gasteiger partial charge in [-0.2, -0.15) is 0 Å². The van der Waals surface area contributed by atoms with Gasteiger partial charge < -0.3 is 5.73 Å². The molecule has 1 aromatic carbocycles. The second-order valence-corrected chi connectivity index (χ2v) is 5.43. The zero-order valence-electron chi connectivity index (χ0n) is 8.33. The van der Waals surface area contributed by atoms with Crippen molar-refractivity contribution in [2.24, 2.45) is 0 Å². The van der Waals surface area contributed by atoms with E-state index in [1.165, 1.54) is 6.07 Å². The SMILES string of the molecule is CCCS(=O)(=O)Nc1cc(Cl)ccc1N. The third kappa shape index (κ3) is 3.60. The quantitative estimate of drug-likeness (QED) is 0.802. The lowest BCUT2D eigenvalue weighted by Crippen LogP contribution is -2.17. The van der Waals surface area contributed by atoms with E-state index in [9.17, 15) is 8.42 Å². The van der Waals surface area contributed by atoms with Crippen LogP contribution in [0.1, 0.15) is 13.3 Å². The lowest BCUT2D eigenvalue weighted by molar-refractivity contribution is 0.600. The Morgan fingerprint density at radius 3 is 2.73 bits per heavy atom. The predicted octanol–water partition coefficient (Wildman–Crippen LogP) is 2.07. The highest BCUT2D eigenvalue weighted by Gasteiger charge is 2.10. The molecule has 0 amide bonds. The van der Waals surface area contributed by atoms with E-state index in [-0.39, 0.29) is 5.75 Å². The minimum atomic E-state index is -3.31. The number of sulfonamides is 1. The number of nitrogens with two attached hydrogens (primary N) is 1. The van der Waals surface area contributed by atoms with Crippen molar-refractivity contribution in [2.75, 3.05) is 16.2 Å². The number of hydrogen-bond acceptors (Lipinski definition) is 3. The number of nitrogens with one attached hydrogen (secondary N) is 1. The normalized spacial score (nSPS) is 11.3. The fourth-order valence-corrected chi connectivity index (χ4v) is 2.43. The molecule has 0 heterocycles. The maximum atomic E-state index is 11.5. The van der Waals surface area contributed by atoms with Gasteiger partial charge in [-0.3, -0.25) is 4.72 Å². The summed E-state index contributed by atoms with van der Waals surface area (Å²) in [5.41, 5.74) is 6.30. The van der Waals surface area contributed by atoms with Crippen molar-refractivity contribution in [2.45, 2.75) is 13.3 Å². The molecule has 6 heteroatoms. The Bertz CT molecular complexity index is 445. The zero-order chi connectivity index (χ0) is 11.5. The van der Waals surface area contributed by atoms with E-state index < -0.39 is 10.0 Å². The number of anilines is 2. The molecule has 0 aromatic heterocycles. The molecule has 0 unspecified atom stereocenters. The van der Waals surface area contributed by atoms with Crippen molar-refractivity contribution >= 4 is 33.0 Å². The Hall–Kier alpha value is -0.940. The van der Waals surface area contributed by atoms with Crippen LogP contribution in [0.3, 0.4) is 0 Å². The fraction of sp³-hybridized carbons (Fsp3) is 0.333. The number of rotatable bonds is 4. The van der Waals surface area contributed by atoms with Crippen LogP contribution in [0.25, 0.3) is 0 Å². The van der Waals surface area contributed by atoms with Gasteiger partial charge in [0, 0.05) is 5.02 Å². The van der Waals surface area contributed by atoms with Crippen LogP contribution in [0, 0.1) is 0 Å². The summed E-state index contributed by atoms with van der Waals surface area (Å²) in [6, 6.07) is 4.66. The van der Waals surface area contributed by atoms with Gasteiger partial charge in [0.25, 0.3) is 0 Å². The first-order valence-electron chi connectivity index (χ1n) is 4.50. The summed E-state index contributed by atoms with van der Waals surface area (Å²) in [4.78, 5) is 0. The molecule has 0 aliphatic heterocycles. The van der Waals surface area contributed by atoms with Crippen molar-refractivity contribution < 1.29 is 8.42 Å². The summed E-state index contributed by atoms with van der Waals surface area (Å²) in [7, 11) is -3.31. The Morgan fingerprint density at radius 2 is 2.13 bits per heavy atom. The topological polar surface area (TPSA) is 72.2 Å². The summed E-state index contributed by atoms with van der Waals surface area (Å²) in [6.45, 7) is 1.79. The van der Waals surface area contributed by atoms with E-state index in [0.717, 1.165) is 0 Å². The van der Waals surface area contributed by atoms with Crippen LogP contribution in [0.15, 0.2) is 18.2 Å². The average molecular weight is 249 g/mol. The molecule has 1 aromatic rings. The third-order valence-electron chi connectivity index (χ3n) is 1.75. The van der Waals surface area contributed by atoms with Crippen LogP contribution in [0.5, 0.6) is 0 Å². The van der Waals surface area contributed by atoms with Crippen LogP contribution < -0.4 is 10.5 Å². The maximum Gasteiger partial charge on any atom is 0.232 e. The Morgan fingerprint density at radius 1 is 1.47 bits per heavy atom. The van der Waals surface area contributed by atoms with Crippen LogP contribution in [0.2, 0.25) is 5.02 Å². The van der Waals surface area contributed by atoms with Crippen LogP contribution in [-0.2, 0) is 10.0 Å². The summed E-state index contributed by atoms with van der Waals surface area (Å²) >= 11 is 5.73. The first-order chi connectivity index (χ1) is 6.94. The highest BCUT2D eigenvalue weighted by Crippen LogP contribution is 2.23. The molecule has 1 rings (SSSR count). The maximum absolute atomic E-state index is 11.5. The molecular formula is C9H13ClN2O2S. The van der Waals surface area contributed by atoms with Gasteiger partial charge in [0.2, 0.25) is 10.0 Å². The molecule has 0 saturated heterocycles. The Balaban J connectivity index is 2.94. The van der Waals surface area contributed by atoms with Crippen LogP contribution in [-0.4, -0.2) is 14.2 Å². The molecule has 0 aliphatic rings. The summed E-state index contributed by atoms with van der Waals surface area (Å²) in [6.07, 6.45) is 0.551. The van der Waals surface area contributed by atoms with Gasteiger partial charge >= 0.3 is 0 Å². The number of benzene rings is 1. The summed E-state index contributed by atoms with van der Waals surface area (Å²) in [5.74, 6) is 0.0684. The Labute approximate surface area is 94.5 Å². The van der Waals surface area contributed by atoms with Gasteiger partial charge in [-0.25, -0.2) is 8.42 Å². The average Bonchev–Trinajstić information content (AvgIpc) is 2.10. The fourth-order valence-electron chi connectivity index (χ4n) is 1.10. The van der Waals surface area contributed by atoms with Gasteiger partial charge in [-0.1, -0.05) is 18.5 Å². The van der Waals surface area contributed by atoms with Crippen molar-refractivity contribution in [1.29, 1.82) is 0 Å². The minimum absolute atomic E-state index is 0.0684. The molecule has 15 heavy (non-hydrogen) atoms. The van der Waals surface area contributed by atoms with Crippen molar-refractivity contribution in [3.05, 3.63) is 23.2 Å². The number of nitrogen functional groups attached to an aromatic ring is 1. The highest BCUT2D eigenvalue weighted by molar-refractivity contribution is 7.92.